The molecular formula is C23H19N2+. The average molecular weight is 323 g/mol. The maximum Gasteiger partial charge on any atom is 0.245 e. The predicted octanol–water partition coefficient (Wildman–Crippen LogP) is 4.01. The van der Waals surface area contributed by atoms with Crippen LogP contribution in [0.5, 0.6) is 0 Å². The first-order valence-corrected chi connectivity index (χ1v) is 8.40. The molecular weight excluding hydrogens is 304 g/mol. The van der Waals surface area contributed by atoms with Crippen molar-refractivity contribution in [3.63, 3.8) is 0 Å². The number of terminal acetylenes is 1. The summed E-state index contributed by atoms with van der Waals surface area (Å²) >= 11 is 0. The number of benzene rings is 3. The topological polar surface area (TPSA) is 8.81 Å². The van der Waals surface area contributed by atoms with E-state index < -0.39 is 0 Å². The second-order valence-corrected chi connectivity index (χ2v) is 6.19. The van der Waals surface area contributed by atoms with Crippen molar-refractivity contribution in [2.24, 2.45) is 0 Å². The molecule has 0 aliphatic carbocycles. The molecule has 0 atom stereocenters. The zero-order chi connectivity index (χ0) is 17.1. The Morgan fingerprint density at radius 2 is 1.52 bits per heavy atom. The second-order valence-electron chi connectivity index (χ2n) is 6.19. The minimum Gasteiger partial charge on any atom is -0.226 e. The maximum atomic E-state index is 5.61. The lowest BCUT2D eigenvalue weighted by Crippen LogP contribution is -2.32. The summed E-state index contributed by atoms with van der Waals surface area (Å²) in [5, 5.41) is 0. The second kappa shape index (κ2) is 6.67. The van der Waals surface area contributed by atoms with Gasteiger partial charge in [0.25, 0.3) is 0 Å². The standard InChI is InChI=1S/C23H19N2/c1-2-19-13-14-22-23(15-19)25(17-21-11-7-4-8-12-21)18-24(22)16-20-9-5-3-6-10-20/h1,3-15,18H,16-17H2/q+1. The summed E-state index contributed by atoms with van der Waals surface area (Å²) in [6.07, 6.45) is 7.79. The van der Waals surface area contributed by atoms with Crippen LogP contribution in [-0.2, 0) is 13.1 Å². The molecule has 4 aromatic rings. The fraction of sp³-hybridized carbons (Fsp3) is 0.0870. The van der Waals surface area contributed by atoms with Crippen LogP contribution in [0.25, 0.3) is 11.0 Å². The zero-order valence-electron chi connectivity index (χ0n) is 14.0. The molecule has 0 spiro atoms. The van der Waals surface area contributed by atoms with E-state index in [1.807, 2.05) is 18.2 Å². The SMILES string of the molecule is C#Cc1ccc2c(c1)n(Cc1ccccc1)c[n+]2Cc1ccccc1. The molecule has 0 aliphatic rings. The van der Waals surface area contributed by atoms with Crippen LogP contribution in [0.3, 0.4) is 0 Å². The van der Waals surface area contributed by atoms with Gasteiger partial charge in [0, 0.05) is 11.6 Å². The van der Waals surface area contributed by atoms with E-state index in [1.165, 1.54) is 16.6 Å². The molecule has 0 unspecified atom stereocenters. The molecule has 1 aromatic heterocycles. The first-order chi connectivity index (χ1) is 12.3. The van der Waals surface area contributed by atoms with Gasteiger partial charge in [0.15, 0.2) is 11.0 Å². The lowest BCUT2D eigenvalue weighted by atomic mass is 10.2. The Morgan fingerprint density at radius 3 is 2.20 bits per heavy atom. The Morgan fingerprint density at radius 1 is 0.840 bits per heavy atom. The van der Waals surface area contributed by atoms with Gasteiger partial charge in [0.2, 0.25) is 6.33 Å². The van der Waals surface area contributed by atoms with Gasteiger partial charge in [-0.15, -0.1) is 6.42 Å². The normalized spacial score (nSPS) is 10.7. The molecule has 3 aromatic carbocycles. The van der Waals surface area contributed by atoms with Gasteiger partial charge in [-0.25, -0.2) is 9.13 Å². The van der Waals surface area contributed by atoms with Gasteiger partial charge in [-0.3, -0.25) is 0 Å². The minimum absolute atomic E-state index is 0.827. The fourth-order valence-corrected chi connectivity index (χ4v) is 3.19. The monoisotopic (exact) mass is 323 g/mol. The van der Waals surface area contributed by atoms with Crippen LogP contribution >= 0.6 is 0 Å². The molecule has 1 heterocycles. The molecule has 4 rings (SSSR count). The quantitative estimate of drug-likeness (QED) is 0.396. The van der Waals surface area contributed by atoms with Crippen molar-refractivity contribution in [2.45, 2.75) is 13.1 Å². The van der Waals surface area contributed by atoms with Gasteiger partial charge >= 0.3 is 0 Å². The van der Waals surface area contributed by atoms with Crippen LogP contribution in [-0.4, -0.2) is 4.57 Å². The molecule has 25 heavy (non-hydrogen) atoms. The highest BCUT2D eigenvalue weighted by Gasteiger charge is 2.16. The van der Waals surface area contributed by atoms with E-state index in [0.717, 1.165) is 24.2 Å². The van der Waals surface area contributed by atoms with Gasteiger partial charge in [0.05, 0.1) is 0 Å². The van der Waals surface area contributed by atoms with Crippen molar-refractivity contribution in [3.05, 3.63) is 102 Å². The van der Waals surface area contributed by atoms with E-state index in [-0.39, 0.29) is 0 Å². The predicted molar refractivity (Wildman–Crippen MR) is 101 cm³/mol. The Balaban J connectivity index is 1.80. The van der Waals surface area contributed by atoms with Crippen LogP contribution in [0.15, 0.2) is 85.2 Å². The summed E-state index contributed by atoms with van der Waals surface area (Å²) in [4.78, 5) is 0. The van der Waals surface area contributed by atoms with E-state index in [4.69, 9.17) is 6.42 Å². The van der Waals surface area contributed by atoms with E-state index in [2.05, 4.69) is 82.0 Å². The van der Waals surface area contributed by atoms with Gasteiger partial charge in [-0.05, 0) is 23.3 Å². The maximum absolute atomic E-state index is 5.61. The summed E-state index contributed by atoms with van der Waals surface area (Å²) in [6.45, 7) is 1.67. The molecule has 2 nitrogen and oxygen atoms in total. The Labute approximate surface area is 148 Å². The van der Waals surface area contributed by atoms with E-state index in [9.17, 15) is 0 Å². The third-order valence-corrected chi connectivity index (χ3v) is 4.43. The number of rotatable bonds is 4. The van der Waals surface area contributed by atoms with Crippen molar-refractivity contribution in [2.75, 3.05) is 0 Å². The Kier molecular flexibility index (Phi) is 4.06. The highest BCUT2D eigenvalue weighted by molar-refractivity contribution is 5.74. The zero-order valence-corrected chi connectivity index (χ0v) is 14.0. The third kappa shape index (κ3) is 3.18. The third-order valence-electron chi connectivity index (χ3n) is 4.43. The molecule has 0 amide bonds. The summed E-state index contributed by atoms with van der Waals surface area (Å²) in [5.41, 5.74) is 5.82. The molecule has 0 saturated heterocycles. The lowest BCUT2D eigenvalue weighted by Gasteiger charge is -1.98. The van der Waals surface area contributed by atoms with Crippen LogP contribution in [0.2, 0.25) is 0 Å². The lowest BCUT2D eigenvalue weighted by molar-refractivity contribution is -0.663. The summed E-state index contributed by atoms with van der Waals surface area (Å²) < 4.78 is 4.56. The van der Waals surface area contributed by atoms with Crippen LogP contribution in [0, 0.1) is 12.3 Å². The number of fused-ring (bicyclic) bond motifs is 1. The highest BCUT2D eigenvalue weighted by atomic mass is 15.1. The van der Waals surface area contributed by atoms with Gasteiger partial charge in [-0.1, -0.05) is 66.6 Å². The number of hydrogen-bond acceptors (Lipinski definition) is 0. The van der Waals surface area contributed by atoms with Gasteiger partial charge < -0.3 is 0 Å². The molecule has 120 valence electrons. The summed E-state index contributed by atoms with van der Waals surface area (Å²) in [6, 6.07) is 27.2. The van der Waals surface area contributed by atoms with Gasteiger partial charge in [-0.2, -0.15) is 0 Å². The van der Waals surface area contributed by atoms with Crippen molar-refractivity contribution in [3.8, 4) is 12.3 Å². The van der Waals surface area contributed by atoms with Crippen LogP contribution in [0.4, 0.5) is 0 Å². The van der Waals surface area contributed by atoms with E-state index in [0.29, 0.717) is 0 Å². The van der Waals surface area contributed by atoms with Crippen LogP contribution in [0.1, 0.15) is 16.7 Å². The first-order valence-electron chi connectivity index (χ1n) is 8.40. The highest BCUT2D eigenvalue weighted by Crippen LogP contribution is 2.16. The molecule has 0 N–H and O–H groups in total. The van der Waals surface area contributed by atoms with Gasteiger partial charge in [0.1, 0.15) is 13.1 Å². The number of hydrogen-bond donors (Lipinski definition) is 0. The van der Waals surface area contributed by atoms with E-state index >= 15 is 0 Å². The van der Waals surface area contributed by atoms with Crippen molar-refractivity contribution < 1.29 is 4.57 Å². The number of aromatic nitrogens is 2. The van der Waals surface area contributed by atoms with Crippen molar-refractivity contribution in [1.82, 2.24) is 4.57 Å². The largest absolute Gasteiger partial charge is 0.245 e. The summed E-state index contributed by atoms with van der Waals surface area (Å²) in [7, 11) is 0. The number of nitrogens with zero attached hydrogens (tertiary/aromatic N) is 2. The Bertz CT molecular complexity index is 1040. The molecule has 0 aliphatic heterocycles. The average Bonchev–Trinajstić information content (AvgIpc) is 3.00. The molecule has 0 fully saturated rings. The smallest absolute Gasteiger partial charge is 0.226 e. The summed E-state index contributed by atoms with van der Waals surface area (Å²) in [5.74, 6) is 2.75. The minimum atomic E-state index is 0.827. The Hall–Kier alpha value is -3.31. The fourth-order valence-electron chi connectivity index (χ4n) is 3.19. The van der Waals surface area contributed by atoms with E-state index in [1.54, 1.807) is 0 Å². The molecule has 0 saturated carbocycles. The van der Waals surface area contributed by atoms with Crippen molar-refractivity contribution in [1.29, 1.82) is 0 Å². The van der Waals surface area contributed by atoms with Crippen molar-refractivity contribution >= 4 is 11.0 Å². The number of imidazole rings is 1. The first kappa shape index (κ1) is 15.2. The molecule has 0 bridgehead atoms. The molecule has 2 heteroatoms. The molecule has 0 radical (unpaired) electrons. The van der Waals surface area contributed by atoms with Crippen LogP contribution < -0.4 is 4.57 Å².